The number of H-pyrrole nitrogens is 1. The van der Waals surface area contributed by atoms with Crippen molar-refractivity contribution >= 4 is 9.84 Å². The maximum Gasteiger partial charge on any atom is 0.178 e. The van der Waals surface area contributed by atoms with Crippen molar-refractivity contribution in [3.63, 3.8) is 0 Å². The minimum absolute atomic E-state index is 0.0530. The van der Waals surface area contributed by atoms with E-state index in [9.17, 15) is 8.42 Å². The Labute approximate surface area is 136 Å². The molecule has 1 saturated heterocycles. The van der Waals surface area contributed by atoms with Crippen molar-refractivity contribution in [3.05, 3.63) is 41.5 Å². The van der Waals surface area contributed by atoms with Gasteiger partial charge in [-0.15, -0.1) is 0 Å². The molecule has 124 valence electrons. The van der Waals surface area contributed by atoms with Crippen LogP contribution in [0.25, 0.3) is 0 Å². The predicted molar refractivity (Wildman–Crippen MR) is 87.7 cm³/mol. The largest absolute Gasteiger partial charge is 0.290 e. The van der Waals surface area contributed by atoms with Gasteiger partial charge in [-0.1, -0.05) is 12.5 Å². The van der Waals surface area contributed by atoms with Crippen molar-refractivity contribution in [2.24, 2.45) is 0 Å². The van der Waals surface area contributed by atoms with Crippen LogP contribution in [0, 0.1) is 6.92 Å². The first kappa shape index (κ1) is 16.1. The van der Waals surface area contributed by atoms with Crippen molar-refractivity contribution in [2.75, 3.05) is 12.8 Å². The van der Waals surface area contributed by atoms with E-state index in [-0.39, 0.29) is 6.04 Å². The van der Waals surface area contributed by atoms with Crippen LogP contribution in [0.2, 0.25) is 0 Å². The van der Waals surface area contributed by atoms with Gasteiger partial charge in [0.15, 0.2) is 9.84 Å². The summed E-state index contributed by atoms with van der Waals surface area (Å²) >= 11 is 0. The fraction of sp³-hybridized carbons (Fsp3) is 0.500. The first-order valence-electron chi connectivity index (χ1n) is 7.84. The Hall–Kier alpha value is -1.73. The van der Waals surface area contributed by atoms with Gasteiger partial charge in [0, 0.05) is 24.7 Å². The normalized spacial score (nSPS) is 19.8. The molecule has 0 saturated carbocycles. The van der Waals surface area contributed by atoms with Gasteiger partial charge in [0.25, 0.3) is 0 Å². The zero-order valence-corrected chi connectivity index (χ0v) is 14.3. The second kappa shape index (κ2) is 6.41. The third kappa shape index (κ3) is 3.61. The van der Waals surface area contributed by atoms with E-state index in [0.29, 0.717) is 10.6 Å². The Bertz CT molecular complexity index is 768. The molecule has 23 heavy (non-hydrogen) atoms. The van der Waals surface area contributed by atoms with Gasteiger partial charge in [-0.05, 0) is 37.9 Å². The number of hydrogen-bond donors (Lipinski definition) is 1. The van der Waals surface area contributed by atoms with Crippen LogP contribution >= 0.6 is 0 Å². The van der Waals surface area contributed by atoms with Crippen LogP contribution < -0.4 is 0 Å². The average molecular weight is 334 g/mol. The molecule has 0 amide bonds. The first-order chi connectivity index (χ1) is 10.9. The molecule has 1 fully saturated rings. The summed E-state index contributed by atoms with van der Waals surface area (Å²) in [5, 5.41) is 6.89. The van der Waals surface area contributed by atoms with Gasteiger partial charge in [0.2, 0.25) is 0 Å². The summed E-state index contributed by atoms with van der Waals surface area (Å²) in [6.45, 7) is 3.68. The standard InChI is InChI=1S/C16H22N4O2S/c1-12-6-7-13(9-17-12)11-20-8-4-3-5-14(20)16-15(10-18-19-16)23(2,21)22/h6-7,9-10,14H,3-5,8,11H2,1-2H3,(H,18,19)/t14-/m0/s1. The molecule has 0 aromatic carbocycles. The number of aryl methyl sites for hydroxylation is 1. The van der Waals surface area contributed by atoms with Crippen LogP contribution in [0.3, 0.4) is 0 Å². The number of aromatic amines is 1. The Morgan fingerprint density at radius 2 is 2.13 bits per heavy atom. The van der Waals surface area contributed by atoms with E-state index in [4.69, 9.17) is 0 Å². The smallest absolute Gasteiger partial charge is 0.178 e. The zero-order valence-electron chi connectivity index (χ0n) is 13.5. The molecule has 1 aliphatic rings. The van der Waals surface area contributed by atoms with Crippen LogP contribution in [0.1, 0.15) is 42.3 Å². The SMILES string of the molecule is Cc1ccc(CN2CCCC[C@H]2c2[nH]ncc2S(C)(=O)=O)cn1. The van der Waals surface area contributed by atoms with Crippen molar-refractivity contribution < 1.29 is 8.42 Å². The molecular formula is C16H22N4O2S. The number of piperidine rings is 1. The molecule has 3 rings (SSSR count). The van der Waals surface area contributed by atoms with Crippen LogP contribution in [0.15, 0.2) is 29.4 Å². The highest BCUT2D eigenvalue weighted by molar-refractivity contribution is 7.90. The summed E-state index contributed by atoms with van der Waals surface area (Å²) in [4.78, 5) is 6.98. The minimum atomic E-state index is -3.27. The quantitative estimate of drug-likeness (QED) is 0.928. The zero-order chi connectivity index (χ0) is 16.4. The molecular weight excluding hydrogens is 312 g/mol. The number of nitrogens with one attached hydrogen (secondary N) is 1. The Morgan fingerprint density at radius 1 is 1.30 bits per heavy atom. The highest BCUT2D eigenvalue weighted by Crippen LogP contribution is 2.34. The van der Waals surface area contributed by atoms with E-state index in [1.165, 1.54) is 12.5 Å². The lowest BCUT2D eigenvalue weighted by molar-refractivity contribution is 0.135. The van der Waals surface area contributed by atoms with Gasteiger partial charge < -0.3 is 0 Å². The molecule has 1 aliphatic heterocycles. The molecule has 0 spiro atoms. The van der Waals surface area contributed by atoms with E-state index in [1.807, 2.05) is 19.2 Å². The molecule has 1 atom stereocenters. The molecule has 6 nitrogen and oxygen atoms in total. The van der Waals surface area contributed by atoms with Gasteiger partial charge in [-0.25, -0.2) is 8.42 Å². The molecule has 0 radical (unpaired) electrons. The summed E-state index contributed by atoms with van der Waals surface area (Å²) in [6.07, 6.45) is 7.70. The molecule has 0 unspecified atom stereocenters. The molecule has 0 bridgehead atoms. The Kier molecular flexibility index (Phi) is 4.50. The summed E-state index contributed by atoms with van der Waals surface area (Å²) < 4.78 is 23.9. The van der Waals surface area contributed by atoms with Gasteiger partial charge >= 0.3 is 0 Å². The van der Waals surface area contributed by atoms with Crippen molar-refractivity contribution in [2.45, 2.75) is 43.7 Å². The highest BCUT2D eigenvalue weighted by Gasteiger charge is 2.30. The third-order valence-electron chi connectivity index (χ3n) is 4.34. The summed E-state index contributed by atoms with van der Waals surface area (Å²) in [5.74, 6) is 0. The van der Waals surface area contributed by atoms with Crippen LogP contribution in [-0.4, -0.2) is 41.3 Å². The van der Waals surface area contributed by atoms with Crippen LogP contribution in [0.4, 0.5) is 0 Å². The first-order valence-corrected chi connectivity index (χ1v) is 9.73. The third-order valence-corrected chi connectivity index (χ3v) is 5.46. The van der Waals surface area contributed by atoms with E-state index >= 15 is 0 Å². The van der Waals surface area contributed by atoms with Gasteiger partial charge in [-0.3, -0.25) is 15.0 Å². The van der Waals surface area contributed by atoms with Gasteiger partial charge in [0.05, 0.1) is 17.9 Å². The summed E-state index contributed by atoms with van der Waals surface area (Å²) in [7, 11) is -3.27. The van der Waals surface area contributed by atoms with Gasteiger partial charge in [0.1, 0.15) is 4.90 Å². The highest BCUT2D eigenvalue weighted by atomic mass is 32.2. The number of nitrogens with zero attached hydrogens (tertiary/aromatic N) is 3. The second-order valence-corrected chi connectivity index (χ2v) is 8.19. The number of hydrogen-bond acceptors (Lipinski definition) is 5. The molecule has 3 heterocycles. The lowest BCUT2D eigenvalue weighted by Gasteiger charge is -2.35. The van der Waals surface area contributed by atoms with E-state index in [0.717, 1.165) is 43.6 Å². The minimum Gasteiger partial charge on any atom is -0.290 e. The molecule has 0 aliphatic carbocycles. The number of pyridine rings is 1. The Morgan fingerprint density at radius 3 is 2.83 bits per heavy atom. The van der Waals surface area contributed by atoms with E-state index in [1.54, 1.807) is 0 Å². The maximum absolute atomic E-state index is 12.0. The lowest BCUT2D eigenvalue weighted by atomic mass is 9.98. The van der Waals surface area contributed by atoms with Crippen LogP contribution in [0.5, 0.6) is 0 Å². The van der Waals surface area contributed by atoms with Gasteiger partial charge in [-0.2, -0.15) is 5.10 Å². The summed E-state index contributed by atoms with van der Waals surface area (Å²) in [6, 6.07) is 4.14. The average Bonchev–Trinajstić information content (AvgIpc) is 3.00. The molecule has 2 aromatic rings. The van der Waals surface area contributed by atoms with E-state index in [2.05, 4.69) is 26.1 Å². The topological polar surface area (TPSA) is 79.0 Å². The van der Waals surface area contributed by atoms with Crippen molar-refractivity contribution in [1.29, 1.82) is 0 Å². The number of rotatable bonds is 4. The number of sulfone groups is 1. The van der Waals surface area contributed by atoms with Crippen molar-refractivity contribution in [3.8, 4) is 0 Å². The number of aromatic nitrogens is 3. The molecule has 1 N–H and O–H groups in total. The van der Waals surface area contributed by atoms with Crippen LogP contribution in [-0.2, 0) is 16.4 Å². The molecule has 2 aromatic heterocycles. The Balaban J connectivity index is 1.87. The van der Waals surface area contributed by atoms with E-state index < -0.39 is 9.84 Å². The lowest BCUT2D eigenvalue weighted by Crippen LogP contribution is -2.33. The number of likely N-dealkylation sites (tertiary alicyclic amines) is 1. The monoisotopic (exact) mass is 334 g/mol. The second-order valence-electron chi connectivity index (χ2n) is 6.21. The summed E-state index contributed by atoms with van der Waals surface area (Å²) in [5.41, 5.74) is 2.85. The fourth-order valence-corrected chi connectivity index (χ4v) is 3.98. The fourth-order valence-electron chi connectivity index (χ4n) is 3.15. The predicted octanol–water partition coefficient (Wildman–Crippen LogP) is 2.24. The maximum atomic E-state index is 12.0. The van der Waals surface area contributed by atoms with Crippen molar-refractivity contribution in [1.82, 2.24) is 20.1 Å². The molecule has 7 heteroatoms.